The summed E-state index contributed by atoms with van der Waals surface area (Å²) in [6, 6.07) is 2.04. The Morgan fingerprint density at radius 3 is 3.00 bits per heavy atom. The van der Waals surface area contributed by atoms with Gasteiger partial charge in [-0.2, -0.15) is 11.3 Å². The van der Waals surface area contributed by atoms with E-state index < -0.39 is 0 Å². The number of nitrogens with one attached hydrogen (secondary N) is 1. The van der Waals surface area contributed by atoms with E-state index >= 15 is 0 Å². The number of H-pyrrole nitrogens is 1. The lowest BCUT2D eigenvalue weighted by atomic mass is 10.5. The molecule has 4 heteroatoms. The Morgan fingerprint density at radius 1 is 1.55 bits per heavy atom. The minimum absolute atomic E-state index is 0.739. The van der Waals surface area contributed by atoms with Crippen molar-refractivity contribution in [2.75, 3.05) is 0 Å². The van der Waals surface area contributed by atoms with E-state index in [1.54, 1.807) is 11.3 Å². The van der Waals surface area contributed by atoms with Crippen LogP contribution in [0.4, 0.5) is 0 Å². The van der Waals surface area contributed by atoms with Crippen LogP contribution in [0, 0.1) is 4.77 Å². The molecule has 1 N–H and O–H groups in total. The van der Waals surface area contributed by atoms with Gasteiger partial charge in [0.05, 0.1) is 5.69 Å². The maximum absolute atomic E-state index is 5.05. The van der Waals surface area contributed by atoms with Crippen LogP contribution in [0.2, 0.25) is 0 Å². The van der Waals surface area contributed by atoms with Gasteiger partial charge in [-0.15, -0.1) is 0 Å². The molecule has 0 aliphatic rings. The SMILES string of the molecule is S=c1[nH]ccn1-c1ccsc1. The second-order valence-corrected chi connectivity index (χ2v) is 3.28. The van der Waals surface area contributed by atoms with Gasteiger partial charge in [0.1, 0.15) is 0 Å². The van der Waals surface area contributed by atoms with Crippen LogP contribution >= 0.6 is 23.6 Å². The zero-order valence-electron chi connectivity index (χ0n) is 5.65. The van der Waals surface area contributed by atoms with Gasteiger partial charge in [-0.25, -0.2) is 0 Å². The first-order valence-corrected chi connectivity index (χ1v) is 4.51. The highest BCUT2D eigenvalue weighted by atomic mass is 32.1. The number of aromatic nitrogens is 2. The summed E-state index contributed by atoms with van der Waals surface area (Å²) in [5, 5.41) is 4.09. The summed E-state index contributed by atoms with van der Waals surface area (Å²) in [4.78, 5) is 2.94. The molecule has 2 aromatic rings. The fourth-order valence-electron chi connectivity index (χ4n) is 0.918. The highest BCUT2D eigenvalue weighted by molar-refractivity contribution is 7.71. The molecule has 0 aliphatic carbocycles. The van der Waals surface area contributed by atoms with Crippen molar-refractivity contribution in [3.05, 3.63) is 34.0 Å². The predicted octanol–water partition coefficient (Wildman–Crippen LogP) is 2.60. The average Bonchev–Trinajstić information content (AvgIpc) is 2.55. The summed E-state index contributed by atoms with van der Waals surface area (Å²) < 4.78 is 2.68. The standard InChI is InChI=1S/C7H6N2S2/c10-7-8-2-3-9(7)6-1-4-11-5-6/h1-5H,(H,8,10). The summed E-state index contributed by atoms with van der Waals surface area (Å²) in [5.74, 6) is 0. The van der Waals surface area contributed by atoms with Gasteiger partial charge in [0.15, 0.2) is 4.77 Å². The van der Waals surface area contributed by atoms with Crippen LogP contribution in [0.3, 0.4) is 0 Å². The van der Waals surface area contributed by atoms with Gasteiger partial charge in [-0.3, -0.25) is 4.57 Å². The lowest BCUT2D eigenvalue weighted by molar-refractivity contribution is 1.04. The van der Waals surface area contributed by atoms with Crippen LogP contribution < -0.4 is 0 Å². The van der Waals surface area contributed by atoms with Crippen molar-refractivity contribution in [1.29, 1.82) is 0 Å². The predicted molar refractivity (Wildman–Crippen MR) is 48.8 cm³/mol. The molecule has 0 saturated carbocycles. The van der Waals surface area contributed by atoms with Crippen molar-refractivity contribution in [3.8, 4) is 5.69 Å². The Bertz CT molecular complexity index is 382. The number of imidazole rings is 1. The molecule has 11 heavy (non-hydrogen) atoms. The number of aromatic amines is 1. The smallest absolute Gasteiger partial charge is 0.181 e. The fraction of sp³-hybridized carbons (Fsp3) is 0. The molecule has 0 aromatic carbocycles. The molecule has 0 bridgehead atoms. The van der Waals surface area contributed by atoms with Crippen molar-refractivity contribution < 1.29 is 0 Å². The zero-order valence-corrected chi connectivity index (χ0v) is 7.28. The van der Waals surface area contributed by atoms with E-state index in [1.165, 1.54) is 0 Å². The van der Waals surface area contributed by atoms with Gasteiger partial charge in [-0.1, -0.05) is 0 Å². The molecule has 0 spiro atoms. The summed E-state index contributed by atoms with van der Waals surface area (Å²) >= 11 is 6.71. The van der Waals surface area contributed by atoms with E-state index in [0.717, 1.165) is 10.5 Å². The third kappa shape index (κ3) is 1.15. The van der Waals surface area contributed by atoms with Crippen molar-refractivity contribution in [1.82, 2.24) is 9.55 Å². The molecule has 0 saturated heterocycles. The van der Waals surface area contributed by atoms with Crippen molar-refractivity contribution in [3.63, 3.8) is 0 Å². The minimum atomic E-state index is 0.739. The number of rotatable bonds is 1. The number of hydrogen-bond donors (Lipinski definition) is 1. The van der Waals surface area contributed by atoms with Crippen LogP contribution in [-0.4, -0.2) is 9.55 Å². The summed E-state index contributed by atoms with van der Waals surface area (Å²) in [6.07, 6.45) is 3.75. The van der Waals surface area contributed by atoms with Crippen molar-refractivity contribution >= 4 is 23.6 Å². The van der Waals surface area contributed by atoms with Crippen LogP contribution in [0.1, 0.15) is 0 Å². The zero-order chi connectivity index (χ0) is 7.68. The molecule has 2 rings (SSSR count). The van der Waals surface area contributed by atoms with Crippen LogP contribution in [0.5, 0.6) is 0 Å². The number of nitrogens with zero attached hydrogens (tertiary/aromatic N) is 1. The first-order valence-electron chi connectivity index (χ1n) is 3.16. The Morgan fingerprint density at radius 2 is 2.45 bits per heavy atom. The van der Waals surface area contributed by atoms with E-state index in [0.29, 0.717) is 0 Å². The fourth-order valence-corrected chi connectivity index (χ4v) is 1.78. The summed E-state index contributed by atoms with van der Waals surface area (Å²) in [5.41, 5.74) is 1.13. The molecular formula is C7H6N2S2. The normalized spacial score (nSPS) is 10.2. The first kappa shape index (κ1) is 6.82. The van der Waals surface area contributed by atoms with E-state index in [4.69, 9.17) is 12.2 Å². The highest BCUT2D eigenvalue weighted by Gasteiger charge is 1.95. The monoisotopic (exact) mass is 182 g/mol. The van der Waals surface area contributed by atoms with Gasteiger partial charge in [0.25, 0.3) is 0 Å². The maximum Gasteiger partial charge on any atom is 0.181 e. The topological polar surface area (TPSA) is 20.7 Å². The first-order chi connectivity index (χ1) is 5.38. The summed E-state index contributed by atoms with van der Waals surface area (Å²) in [7, 11) is 0. The second-order valence-electron chi connectivity index (χ2n) is 2.12. The Kier molecular flexibility index (Phi) is 1.63. The second kappa shape index (κ2) is 2.64. The molecule has 0 radical (unpaired) electrons. The molecule has 0 aliphatic heterocycles. The Balaban J connectivity index is 2.62. The molecular weight excluding hydrogens is 176 g/mol. The molecule has 0 amide bonds. The van der Waals surface area contributed by atoms with Gasteiger partial charge < -0.3 is 4.98 Å². The van der Waals surface area contributed by atoms with Crippen molar-refractivity contribution in [2.24, 2.45) is 0 Å². The Hall–Kier alpha value is -0.870. The quantitative estimate of drug-likeness (QED) is 0.672. The Labute approximate surface area is 73.1 Å². The van der Waals surface area contributed by atoms with E-state index in [1.807, 2.05) is 28.4 Å². The van der Waals surface area contributed by atoms with Crippen LogP contribution in [-0.2, 0) is 0 Å². The van der Waals surface area contributed by atoms with E-state index in [9.17, 15) is 0 Å². The number of thiophene rings is 1. The van der Waals surface area contributed by atoms with Crippen LogP contribution in [0.15, 0.2) is 29.2 Å². The van der Waals surface area contributed by atoms with Crippen LogP contribution in [0.25, 0.3) is 5.69 Å². The third-order valence-corrected chi connectivity index (χ3v) is 2.42. The van der Waals surface area contributed by atoms with Gasteiger partial charge in [0.2, 0.25) is 0 Å². The molecule has 2 heterocycles. The maximum atomic E-state index is 5.05. The van der Waals surface area contributed by atoms with Crippen molar-refractivity contribution in [2.45, 2.75) is 0 Å². The molecule has 2 nitrogen and oxygen atoms in total. The average molecular weight is 182 g/mol. The van der Waals surface area contributed by atoms with Gasteiger partial charge in [-0.05, 0) is 23.7 Å². The third-order valence-electron chi connectivity index (χ3n) is 1.43. The lowest BCUT2D eigenvalue weighted by Gasteiger charge is -1.94. The molecule has 0 atom stereocenters. The molecule has 56 valence electrons. The molecule has 0 unspecified atom stereocenters. The minimum Gasteiger partial charge on any atom is -0.337 e. The number of hydrogen-bond acceptors (Lipinski definition) is 2. The van der Waals surface area contributed by atoms with E-state index in [2.05, 4.69) is 10.4 Å². The molecule has 0 fully saturated rings. The van der Waals surface area contributed by atoms with Gasteiger partial charge >= 0.3 is 0 Å². The summed E-state index contributed by atoms with van der Waals surface area (Å²) in [6.45, 7) is 0. The largest absolute Gasteiger partial charge is 0.337 e. The highest BCUT2D eigenvalue weighted by Crippen LogP contribution is 2.11. The lowest BCUT2D eigenvalue weighted by Crippen LogP contribution is -1.87. The van der Waals surface area contributed by atoms with E-state index in [-0.39, 0.29) is 0 Å². The van der Waals surface area contributed by atoms with Gasteiger partial charge in [0, 0.05) is 17.8 Å². The molecule has 2 aromatic heterocycles.